The van der Waals surface area contributed by atoms with Crippen LogP contribution in [0.5, 0.6) is 0 Å². The molecule has 0 spiro atoms. The van der Waals surface area contributed by atoms with Crippen molar-refractivity contribution in [2.24, 2.45) is 0 Å². The Kier molecular flexibility index (Phi) is 3.07. The molecule has 19 heavy (non-hydrogen) atoms. The third kappa shape index (κ3) is 2.25. The fraction of sp³-hybridized carbons (Fsp3) is 0.154. The van der Waals surface area contributed by atoms with Crippen molar-refractivity contribution in [2.45, 2.75) is 0 Å². The number of aliphatic hydroxyl groups is 1. The zero-order chi connectivity index (χ0) is 13.1. The van der Waals surface area contributed by atoms with Crippen LogP contribution in [0.1, 0.15) is 0 Å². The Morgan fingerprint density at radius 2 is 2.00 bits per heavy atom. The van der Waals surface area contributed by atoms with Crippen LogP contribution >= 0.6 is 0 Å². The molecule has 2 aromatic heterocycles. The molecule has 0 aliphatic heterocycles. The summed E-state index contributed by atoms with van der Waals surface area (Å²) in [5, 5.41) is 16.0. The molecule has 0 bridgehead atoms. The Labute approximate surface area is 109 Å². The van der Waals surface area contributed by atoms with Crippen molar-refractivity contribution in [3.05, 3.63) is 42.7 Å². The zero-order valence-corrected chi connectivity index (χ0v) is 10.2. The molecule has 0 aliphatic carbocycles. The van der Waals surface area contributed by atoms with E-state index in [9.17, 15) is 0 Å². The molecule has 3 rings (SSSR count). The van der Waals surface area contributed by atoms with Crippen molar-refractivity contribution in [1.29, 1.82) is 0 Å². The standard InChI is InChI=1S/C13H13N5O/c19-7-6-14-12-9-15-13-11(17-12)8-16-18(13)10-4-2-1-3-5-10/h1-5,8-9,19H,6-7H2,(H,14,17). The average molecular weight is 255 g/mol. The van der Waals surface area contributed by atoms with Gasteiger partial charge in [0.1, 0.15) is 11.3 Å². The van der Waals surface area contributed by atoms with Crippen molar-refractivity contribution in [3.63, 3.8) is 0 Å². The van der Waals surface area contributed by atoms with Gasteiger partial charge in [0.05, 0.1) is 24.7 Å². The van der Waals surface area contributed by atoms with Gasteiger partial charge in [-0.2, -0.15) is 5.10 Å². The van der Waals surface area contributed by atoms with Crippen LogP contribution in [0.4, 0.5) is 5.82 Å². The molecular weight excluding hydrogens is 242 g/mol. The van der Waals surface area contributed by atoms with Gasteiger partial charge < -0.3 is 10.4 Å². The summed E-state index contributed by atoms with van der Waals surface area (Å²) in [6, 6.07) is 9.79. The van der Waals surface area contributed by atoms with Crippen LogP contribution in [-0.2, 0) is 0 Å². The number of aliphatic hydroxyl groups excluding tert-OH is 1. The summed E-state index contributed by atoms with van der Waals surface area (Å²) in [5.74, 6) is 0.633. The molecule has 0 saturated heterocycles. The largest absolute Gasteiger partial charge is 0.395 e. The molecule has 3 aromatic rings. The monoisotopic (exact) mass is 255 g/mol. The Morgan fingerprint density at radius 1 is 1.16 bits per heavy atom. The second-order valence-electron chi connectivity index (χ2n) is 4.01. The van der Waals surface area contributed by atoms with E-state index in [4.69, 9.17) is 5.11 Å². The van der Waals surface area contributed by atoms with Crippen LogP contribution in [0.2, 0.25) is 0 Å². The van der Waals surface area contributed by atoms with Crippen LogP contribution < -0.4 is 5.32 Å². The molecular formula is C13H13N5O. The van der Waals surface area contributed by atoms with Gasteiger partial charge in [-0.3, -0.25) is 0 Å². The van der Waals surface area contributed by atoms with Crippen LogP contribution in [0.15, 0.2) is 42.7 Å². The van der Waals surface area contributed by atoms with Crippen LogP contribution in [0, 0.1) is 0 Å². The first kappa shape index (κ1) is 11.6. The highest BCUT2D eigenvalue weighted by atomic mass is 16.3. The molecule has 6 heteroatoms. The number of aromatic nitrogens is 4. The van der Waals surface area contributed by atoms with Crippen molar-refractivity contribution in [3.8, 4) is 5.69 Å². The molecule has 96 valence electrons. The lowest BCUT2D eigenvalue weighted by molar-refractivity contribution is 0.311. The summed E-state index contributed by atoms with van der Waals surface area (Å²) >= 11 is 0. The van der Waals surface area contributed by atoms with Gasteiger partial charge in [0.15, 0.2) is 5.65 Å². The number of nitrogens with zero attached hydrogens (tertiary/aromatic N) is 4. The number of hydrogen-bond acceptors (Lipinski definition) is 5. The number of nitrogens with one attached hydrogen (secondary N) is 1. The second kappa shape index (κ2) is 5.03. The lowest BCUT2D eigenvalue weighted by Gasteiger charge is -2.04. The van der Waals surface area contributed by atoms with Crippen molar-refractivity contribution >= 4 is 17.0 Å². The Hall–Kier alpha value is -2.47. The Morgan fingerprint density at radius 3 is 2.79 bits per heavy atom. The minimum absolute atomic E-state index is 0.0585. The molecule has 0 atom stereocenters. The summed E-state index contributed by atoms with van der Waals surface area (Å²) in [7, 11) is 0. The quantitative estimate of drug-likeness (QED) is 0.733. The molecule has 6 nitrogen and oxygen atoms in total. The smallest absolute Gasteiger partial charge is 0.181 e. The predicted octanol–water partition coefficient (Wildman–Crippen LogP) is 1.22. The third-order valence-corrected chi connectivity index (χ3v) is 2.69. The number of anilines is 1. The molecule has 0 amide bonds. The fourth-order valence-electron chi connectivity index (χ4n) is 1.84. The maximum absolute atomic E-state index is 8.77. The van der Waals surface area contributed by atoms with Gasteiger partial charge >= 0.3 is 0 Å². The van der Waals surface area contributed by atoms with Crippen LogP contribution in [-0.4, -0.2) is 38.0 Å². The highest BCUT2D eigenvalue weighted by Crippen LogP contribution is 2.15. The first-order valence-electron chi connectivity index (χ1n) is 5.99. The molecule has 0 aliphatic rings. The van der Waals surface area contributed by atoms with Crippen molar-refractivity contribution < 1.29 is 5.11 Å². The minimum Gasteiger partial charge on any atom is -0.395 e. The summed E-state index contributed by atoms with van der Waals surface area (Å²) in [6.07, 6.45) is 3.32. The van der Waals surface area contributed by atoms with E-state index in [0.29, 0.717) is 23.5 Å². The van der Waals surface area contributed by atoms with Crippen LogP contribution in [0.25, 0.3) is 16.9 Å². The molecule has 2 heterocycles. The summed E-state index contributed by atoms with van der Waals surface area (Å²) < 4.78 is 1.75. The van der Waals surface area contributed by atoms with E-state index < -0.39 is 0 Å². The van der Waals surface area contributed by atoms with Gasteiger partial charge in [0, 0.05) is 6.54 Å². The van der Waals surface area contributed by atoms with Gasteiger partial charge in [-0.15, -0.1) is 0 Å². The summed E-state index contributed by atoms with van der Waals surface area (Å²) in [6.45, 7) is 0.510. The first-order chi connectivity index (χ1) is 9.38. The average Bonchev–Trinajstić information content (AvgIpc) is 2.89. The van der Waals surface area contributed by atoms with E-state index in [1.165, 1.54) is 0 Å². The maximum Gasteiger partial charge on any atom is 0.181 e. The van der Waals surface area contributed by atoms with E-state index in [1.807, 2.05) is 30.3 Å². The van der Waals surface area contributed by atoms with E-state index in [1.54, 1.807) is 17.1 Å². The van der Waals surface area contributed by atoms with Gasteiger partial charge in [-0.25, -0.2) is 14.6 Å². The minimum atomic E-state index is 0.0585. The number of hydrogen-bond donors (Lipinski definition) is 2. The van der Waals surface area contributed by atoms with Gasteiger partial charge in [0.25, 0.3) is 0 Å². The molecule has 0 radical (unpaired) electrons. The third-order valence-electron chi connectivity index (χ3n) is 2.69. The number of fused-ring (bicyclic) bond motifs is 1. The van der Waals surface area contributed by atoms with E-state index in [2.05, 4.69) is 20.4 Å². The van der Waals surface area contributed by atoms with Gasteiger partial charge in [-0.05, 0) is 12.1 Å². The first-order valence-corrected chi connectivity index (χ1v) is 5.99. The van der Waals surface area contributed by atoms with Gasteiger partial charge in [0.2, 0.25) is 0 Å². The summed E-state index contributed by atoms with van der Waals surface area (Å²) in [4.78, 5) is 8.76. The second-order valence-corrected chi connectivity index (χ2v) is 4.01. The van der Waals surface area contributed by atoms with Crippen LogP contribution in [0.3, 0.4) is 0 Å². The SMILES string of the molecule is OCCNc1cnc2c(cnn2-c2ccccc2)n1. The van der Waals surface area contributed by atoms with E-state index in [0.717, 1.165) is 5.69 Å². The Bertz CT molecular complexity index is 680. The lowest BCUT2D eigenvalue weighted by atomic mass is 10.3. The highest BCUT2D eigenvalue weighted by molar-refractivity contribution is 5.73. The fourth-order valence-corrected chi connectivity index (χ4v) is 1.84. The predicted molar refractivity (Wildman–Crippen MR) is 72.2 cm³/mol. The Balaban J connectivity index is 2.00. The van der Waals surface area contributed by atoms with E-state index in [-0.39, 0.29) is 6.61 Å². The number of rotatable bonds is 4. The molecule has 1 aromatic carbocycles. The number of para-hydroxylation sites is 1. The van der Waals surface area contributed by atoms with Crippen molar-refractivity contribution in [2.75, 3.05) is 18.5 Å². The highest BCUT2D eigenvalue weighted by Gasteiger charge is 2.07. The maximum atomic E-state index is 8.77. The zero-order valence-electron chi connectivity index (χ0n) is 10.2. The van der Waals surface area contributed by atoms with E-state index >= 15 is 0 Å². The van der Waals surface area contributed by atoms with Crippen molar-refractivity contribution in [1.82, 2.24) is 19.7 Å². The van der Waals surface area contributed by atoms with Gasteiger partial charge in [-0.1, -0.05) is 18.2 Å². The molecule has 0 unspecified atom stereocenters. The molecule has 0 saturated carbocycles. The molecule has 2 N–H and O–H groups in total. The summed E-state index contributed by atoms with van der Waals surface area (Å²) in [5.41, 5.74) is 2.37. The topological polar surface area (TPSA) is 75.9 Å². The normalized spacial score (nSPS) is 10.8. The number of benzene rings is 1. The molecule has 0 fully saturated rings. The lowest BCUT2D eigenvalue weighted by Crippen LogP contribution is -2.07.